The van der Waals surface area contributed by atoms with Gasteiger partial charge in [-0.25, -0.2) is 9.37 Å². The number of halogens is 1. The standard InChI is InChI=1S/C14H16FN5O2/c1-16-13(21)9-6-8(4-5-11(9)22-3)19-12-10(15)7-18-14(17-2)20-12/h4-7H,1-3H3,(H,16,21)(H2,17,18,19,20). The summed E-state index contributed by atoms with van der Waals surface area (Å²) in [5.74, 6) is -0.198. The third-order valence-electron chi connectivity index (χ3n) is 2.90. The van der Waals surface area contributed by atoms with Gasteiger partial charge in [-0.05, 0) is 18.2 Å². The van der Waals surface area contributed by atoms with Crippen molar-refractivity contribution in [1.82, 2.24) is 15.3 Å². The number of benzene rings is 1. The Morgan fingerprint density at radius 2 is 2.09 bits per heavy atom. The van der Waals surface area contributed by atoms with Crippen LogP contribution in [0.25, 0.3) is 0 Å². The fourth-order valence-electron chi connectivity index (χ4n) is 1.81. The predicted octanol–water partition coefficient (Wildman–Crippen LogP) is 1.77. The molecular weight excluding hydrogens is 289 g/mol. The molecule has 0 aliphatic carbocycles. The summed E-state index contributed by atoms with van der Waals surface area (Å²) in [6, 6.07) is 4.83. The summed E-state index contributed by atoms with van der Waals surface area (Å²) in [5, 5.41) is 8.06. The van der Waals surface area contributed by atoms with Crippen molar-refractivity contribution in [3.63, 3.8) is 0 Å². The highest BCUT2D eigenvalue weighted by atomic mass is 19.1. The van der Waals surface area contributed by atoms with E-state index in [4.69, 9.17) is 4.74 Å². The van der Waals surface area contributed by atoms with Gasteiger partial charge in [-0.15, -0.1) is 0 Å². The monoisotopic (exact) mass is 305 g/mol. The van der Waals surface area contributed by atoms with E-state index < -0.39 is 5.82 Å². The van der Waals surface area contributed by atoms with Crippen LogP contribution in [0.1, 0.15) is 10.4 Å². The average Bonchev–Trinajstić information content (AvgIpc) is 2.56. The number of ether oxygens (including phenoxy) is 1. The number of hydrogen-bond acceptors (Lipinski definition) is 6. The summed E-state index contributed by atoms with van der Waals surface area (Å²) in [6.07, 6.45) is 1.06. The van der Waals surface area contributed by atoms with Crippen molar-refractivity contribution in [2.24, 2.45) is 0 Å². The fraction of sp³-hybridized carbons (Fsp3) is 0.214. The minimum Gasteiger partial charge on any atom is -0.496 e. The van der Waals surface area contributed by atoms with Crippen LogP contribution in [0.2, 0.25) is 0 Å². The first-order valence-electron chi connectivity index (χ1n) is 6.46. The molecule has 0 aliphatic rings. The number of anilines is 3. The quantitative estimate of drug-likeness (QED) is 0.780. The van der Waals surface area contributed by atoms with Crippen LogP contribution in [0.3, 0.4) is 0 Å². The number of carbonyl (C=O) groups excluding carboxylic acids is 1. The molecule has 1 amide bonds. The van der Waals surface area contributed by atoms with Crippen LogP contribution in [-0.4, -0.2) is 37.1 Å². The summed E-state index contributed by atoms with van der Waals surface area (Å²) in [6.45, 7) is 0. The molecule has 1 heterocycles. The molecule has 0 bridgehead atoms. The van der Waals surface area contributed by atoms with E-state index >= 15 is 0 Å². The van der Waals surface area contributed by atoms with Gasteiger partial charge in [-0.2, -0.15) is 4.98 Å². The zero-order valence-corrected chi connectivity index (χ0v) is 12.4. The van der Waals surface area contributed by atoms with Crippen LogP contribution in [-0.2, 0) is 0 Å². The molecule has 2 rings (SSSR count). The maximum absolute atomic E-state index is 13.7. The molecule has 22 heavy (non-hydrogen) atoms. The molecule has 1 aromatic heterocycles. The van der Waals surface area contributed by atoms with Gasteiger partial charge in [0.25, 0.3) is 5.91 Å². The second-order valence-electron chi connectivity index (χ2n) is 4.26. The van der Waals surface area contributed by atoms with Crippen LogP contribution in [0, 0.1) is 5.82 Å². The molecule has 0 spiro atoms. The molecule has 0 unspecified atom stereocenters. The molecule has 116 valence electrons. The highest BCUT2D eigenvalue weighted by Gasteiger charge is 2.13. The lowest BCUT2D eigenvalue weighted by Gasteiger charge is -2.12. The number of nitrogens with zero attached hydrogens (tertiary/aromatic N) is 2. The Morgan fingerprint density at radius 3 is 2.73 bits per heavy atom. The highest BCUT2D eigenvalue weighted by molar-refractivity contribution is 5.97. The van der Waals surface area contributed by atoms with E-state index in [-0.39, 0.29) is 17.7 Å². The van der Waals surface area contributed by atoms with Crippen LogP contribution in [0.4, 0.5) is 21.8 Å². The number of methoxy groups -OCH3 is 1. The van der Waals surface area contributed by atoms with Crippen molar-refractivity contribution < 1.29 is 13.9 Å². The molecule has 0 radical (unpaired) electrons. The number of rotatable bonds is 5. The van der Waals surface area contributed by atoms with Crippen LogP contribution < -0.4 is 20.7 Å². The Hall–Kier alpha value is -2.90. The molecule has 2 aromatic rings. The van der Waals surface area contributed by atoms with Gasteiger partial charge in [0.1, 0.15) is 5.75 Å². The van der Waals surface area contributed by atoms with Gasteiger partial charge in [0, 0.05) is 19.8 Å². The second-order valence-corrected chi connectivity index (χ2v) is 4.26. The first-order chi connectivity index (χ1) is 10.6. The third-order valence-corrected chi connectivity index (χ3v) is 2.90. The van der Waals surface area contributed by atoms with E-state index in [9.17, 15) is 9.18 Å². The van der Waals surface area contributed by atoms with Crippen molar-refractivity contribution >= 4 is 23.4 Å². The van der Waals surface area contributed by atoms with Crippen molar-refractivity contribution in [3.8, 4) is 5.75 Å². The number of amides is 1. The Balaban J connectivity index is 2.36. The minimum absolute atomic E-state index is 0.00683. The molecule has 0 fully saturated rings. The van der Waals surface area contributed by atoms with Gasteiger partial charge in [0.15, 0.2) is 11.6 Å². The van der Waals surface area contributed by atoms with Crippen LogP contribution >= 0.6 is 0 Å². The second kappa shape index (κ2) is 6.70. The minimum atomic E-state index is -0.601. The predicted molar refractivity (Wildman–Crippen MR) is 81.2 cm³/mol. The largest absolute Gasteiger partial charge is 0.496 e. The van der Waals surface area contributed by atoms with Gasteiger partial charge in [-0.3, -0.25) is 4.79 Å². The number of hydrogen-bond donors (Lipinski definition) is 3. The number of aromatic nitrogens is 2. The zero-order chi connectivity index (χ0) is 16.1. The van der Waals surface area contributed by atoms with Gasteiger partial charge in [0.05, 0.1) is 18.9 Å². The van der Waals surface area contributed by atoms with E-state index in [0.717, 1.165) is 6.20 Å². The van der Waals surface area contributed by atoms with Crippen LogP contribution in [0.5, 0.6) is 5.75 Å². The smallest absolute Gasteiger partial charge is 0.254 e. The van der Waals surface area contributed by atoms with Gasteiger partial charge in [-0.1, -0.05) is 0 Å². The van der Waals surface area contributed by atoms with Gasteiger partial charge >= 0.3 is 0 Å². The van der Waals surface area contributed by atoms with Gasteiger partial charge in [0.2, 0.25) is 5.95 Å². The maximum Gasteiger partial charge on any atom is 0.254 e. The van der Waals surface area contributed by atoms with Gasteiger partial charge < -0.3 is 20.7 Å². The Bertz CT molecular complexity index is 693. The third kappa shape index (κ3) is 3.22. The Kier molecular flexibility index (Phi) is 4.72. The van der Waals surface area contributed by atoms with Crippen molar-refractivity contribution in [1.29, 1.82) is 0 Å². The van der Waals surface area contributed by atoms with E-state index in [1.165, 1.54) is 14.2 Å². The first-order valence-corrected chi connectivity index (χ1v) is 6.46. The molecule has 8 heteroatoms. The zero-order valence-electron chi connectivity index (χ0n) is 12.4. The highest BCUT2D eigenvalue weighted by Crippen LogP contribution is 2.25. The van der Waals surface area contributed by atoms with Crippen molar-refractivity contribution in [3.05, 3.63) is 35.8 Å². The van der Waals surface area contributed by atoms with E-state index in [1.54, 1.807) is 25.2 Å². The molecule has 0 atom stereocenters. The molecule has 0 saturated carbocycles. The molecule has 7 nitrogen and oxygen atoms in total. The maximum atomic E-state index is 13.7. The lowest BCUT2D eigenvalue weighted by molar-refractivity contribution is 0.0960. The molecule has 0 aliphatic heterocycles. The molecular formula is C14H16FN5O2. The Labute approximate surface area is 126 Å². The van der Waals surface area contributed by atoms with Crippen molar-refractivity contribution in [2.75, 3.05) is 31.8 Å². The average molecular weight is 305 g/mol. The summed E-state index contributed by atoms with van der Waals surface area (Å²) < 4.78 is 18.9. The lowest BCUT2D eigenvalue weighted by Crippen LogP contribution is -2.18. The number of carbonyl (C=O) groups is 1. The SMILES string of the molecule is CNC(=O)c1cc(Nc2nc(NC)ncc2F)ccc1OC. The van der Waals surface area contributed by atoms with Crippen molar-refractivity contribution in [2.45, 2.75) is 0 Å². The summed E-state index contributed by atoms with van der Waals surface area (Å²) in [7, 11) is 4.62. The summed E-state index contributed by atoms with van der Waals surface area (Å²) >= 11 is 0. The summed E-state index contributed by atoms with van der Waals surface area (Å²) in [5.41, 5.74) is 0.831. The lowest BCUT2D eigenvalue weighted by atomic mass is 10.1. The Morgan fingerprint density at radius 1 is 1.32 bits per heavy atom. The van der Waals surface area contributed by atoms with Crippen LogP contribution in [0.15, 0.2) is 24.4 Å². The normalized spacial score (nSPS) is 10.0. The van der Waals surface area contributed by atoms with E-state index in [1.807, 2.05) is 0 Å². The molecule has 3 N–H and O–H groups in total. The topological polar surface area (TPSA) is 88.2 Å². The summed E-state index contributed by atoms with van der Waals surface area (Å²) in [4.78, 5) is 19.6. The number of nitrogens with one attached hydrogen (secondary N) is 3. The molecule has 1 aromatic carbocycles. The van der Waals surface area contributed by atoms with E-state index in [0.29, 0.717) is 17.0 Å². The molecule has 0 saturated heterocycles. The van der Waals surface area contributed by atoms with E-state index in [2.05, 4.69) is 25.9 Å². The fourth-order valence-corrected chi connectivity index (χ4v) is 1.81. The first kappa shape index (κ1) is 15.5.